The van der Waals surface area contributed by atoms with Crippen LogP contribution in [0.5, 0.6) is 0 Å². The minimum Gasteiger partial charge on any atom is -0.361 e. The second-order valence-electron chi connectivity index (χ2n) is 13.0. The van der Waals surface area contributed by atoms with Crippen molar-refractivity contribution in [2.24, 2.45) is 0 Å². The number of fused-ring (bicyclic) bond motifs is 13. The van der Waals surface area contributed by atoms with E-state index in [9.17, 15) is 0 Å². The van der Waals surface area contributed by atoms with Crippen LogP contribution in [0.15, 0.2) is 182 Å². The topological polar surface area (TPSA) is 17.0 Å². The smallest absolute Gasteiger partial charge is 0.0541 e. The SMILES string of the molecule is C1=C/c2c(c3ccccc3c3ccccc23)-c2ccc3ccccc3c2N/C=C/C=C\1c1ccc2c(c1)c1ccccc1n2-c1ccccc1. The van der Waals surface area contributed by atoms with E-state index in [-0.39, 0.29) is 0 Å². The Bertz CT molecular complexity index is 2880. The second-order valence-corrected chi connectivity index (χ2v) is 13.0. The molecular formula is C48H32N2. The molecule has 10 rings (SSSR count). The minimum atomic E-state index is 1.11. The van der Waals surface area contributed by atoms with E-state index in [2.05, 4.69) is 198 Å². The van der Waals surface area contributed by atoms with Crippen LogP contribution in [0.3, 0.4) is 0 Å². The summed E-state index contributed by atoms with van der Waals surface area (Å²) in [7, 11) is 0. The average Bonchev–Trinajstić information content (AvgIpc) is 3.49. The summed E-state index contributed by atoms with van der Waals surface area (Å²) in [6, 6.07) is 57.1. The van der Waals surface area contributed by atoms with Gasteiger partial charge in [-0.3, -0.25) is 0 Å². The molecule has 0 atom stereocenters. The predicted octanol–water partition coefficient (Wildman–Crippen LogP) is 12.9. The van der Waals surface area contributed by atoms with Crippen molar-refractivity contribution < 1.29 is 0 Å². The highest BCUT2D eigenvalue weighted by atomic mass is 15.0. The lowest BCUT2D eigenvalue weighted by molar-refractivity contribution is 1.18. The maximum atomic E-state index is 3.75. The lowest BCUT2D eigenvalue weighted by Gasteiger charge is -2.20. The fourth-order valence-electron chi connectivity index (χ4n) is 7.98. The number of rotatable bonds is 2. The van der Waals surface area contributed by atoms with Gasteiger partial charge in [0, 0.05) is 33.6 Å². The summed E-state index contributed by atoms with van der Waals surface area (Å²) in [5, 5.41) is 13.6. The monoisotopic (exact) mass is 636 g/mol. The van der Waals surface area contributed by atoms with Gasteiger partial charge in [-0.1, -0.05) is 146 Å². The standard InChI is InChI=1S/C48H32N2/c1-2-15-35(16-3-1)50-45-23-11-10-21-40(45)44-31-34(26-29-46(44)50)32-14-12-30-49-48-36-17-5-4-13-33(36)25-28-43(48)47-41-22-9-8-19-38(41)37-18-6-7-20-39(37)42(47)27-24-32/h1-31,49H/b27-24-,30-12+,32-14+. The summed E-state index contributed by atoms with van der Waals surface area (Å²) in [5.41, 5.74) is 10.6. The molecule has 0 radical (unpaired) electrons. The van der Waals surface area contributed by atoms with Crippen LogP contribution >= 0.6 is 0 Å². The molecular weight excluding hydrogens is 605 g/mol. The molecule has 8 aromatic carbocycles. The number of allylic oxidation sites excluding steroid dienone is 4. The number of benzene rings is 8. The van der Waals surface area contributed by atoms with Crippen LogP contribution in [0.25, 0.3) is 82.6 Å². The molecule has 0 aliphatic carbocycles. The van der Waals surface area contributed by atoms with Crippen molar-refractivity contribution in [3.8, 4) is 16.8 Å². The zero-order valence-corrected chi connectivity index (χ0v) is 27.3. The van der Waals surface area contributed by atoms with E-state index >= 15 is 0 Å². The Balaban J connectivity index is 1.24. The molecule has 50 heavy (non-hydrogen) atoms. The van der Waals surface area contributed by atoms with Crippen LogP contribution in [0, 0.1) is 0 Å². The molecule has 0 spiro atoms. The quantitative estimate of drug-likeness (QED) is 0.187. The van der Waals surface area contributed by atoms with E-state index in [1.165, 1.54) is 76.4 Å². The molecule has 2 heteroatoms. The molecule has 1 aromatic heterocycles. The fourth-order valence-corrected chi connectivity index (χ4v) is 7.98. The Kier molecular flexibility index (Phi) is 6.53. The van der Waals surface area contributed by atoms with Gasteiger partial charge in [0.1, 0.15) is 0 Å². The Morgan fingerprint density at radius 2 is 1.12 bits per heavy atom. The van der Waals surface area contributed by atoms with Gasteiger partial charge in [-0.15, -0.1) is 0 Å². The Labute approximate surface area is 290 Å². The third-order valence-electron chi connectivity index (χ3n) is 10.2. The van der Waals surface area contributed by atoms with Gasteiger partial charge in [0.25, 0.3) is 0 Å². The lowest BCUT2D eigenvalue weighted by atomic mass is 9.86. The second kappa shape index (κ2) is 11.5. The first-order valence-corrected chi connectivity index (χ1v) is 17.2. The van der Waals surface area contributed by atoms with Crippen molar-refractivity contribution in [3.63, 3.8) is 0 Å². The number of nitrogens with zero attached hydrogens (tertiary/aromatic N) is 1. The molecule has 9 aromatic rings. The van der Waals surface area contributed by atoms with Gasteiger partial charge in [-0.05, 0) is 85.6 Å². The highest BCUT2D eigenvalue weighted by Crippen LogP contribution is 2.45. The summed E-state index contributed by atoms with van der Waals surface area (Å²) in [6.07, 6.45) is 11.1. The molecule has 1 aliphatic heterocycles. The molecule has 1 aliphatic rings. The highest BCUT2D eigenvalue weighted by Gasteiger charge is 2.19. The van der Waals surface area contributed by atoms with Gasteiger partial charge >= 0.3 is 0 Å². The van der Waals surface area contributed by atoms with Crippen LogP contribution < -0.4 is 5.32 Å². The third-order valence-corrected chi connectivity index (χ3v) is 10.2. The highest BCUT2D eigenvalue weighted by molar-refractivity contribution is 6.20. The number of hydrogen-bond donors (Lipinski definition) is 1. The van der Waals surface area contributed by atoms with E-state index < -0.39 is 0 Å². The zero-order chi connectivity index (χ0) is 33.0. The van der Waals surface area contributed by atoms with Crippen LogP contribution in [0.2, 0.25) is 0 Å². The molecule has 2 nitrogen and oxygen atoms in total. The summed E-state index contributed by atoms with van der Waals surface area (Å²) in [5.74, 6) is 0. The van der Waals surface area contributed by atoms with E-state index in [0.717, 1.165) is 16.9 Å². The van der Waals surface area contributed by atoms with Crippen LogP contribution in [0.4, 0.5) is 5.69 Å². The van der Waals surface area contributed by atoms with Gasteiger partial charge in [0.05, 0.1) is 16.7 Å². The summed E-state index contributed by atoms with van der Waals surface area (Å²) >= 11 is 0. The first kappa shape index (κ1) is 28.4. The zero-order valence-electron chi connectivity index (χ0n) is 27.3. The molecule has 0 fully saturated rings. The third kappa shape index (κ3) is 4.43. The van der Waals surface area contributed by atoms with Crippen LogP contribution in [-0.4, -0.2) is 4.57 Å². The van der Waals surface area contributed by atoms with Gasteiger partial charge in [0.15, 0.2) is 0 Å². The Hall–Kier alpha value is -6.64. The van der Waals surface area contributed by atoms with Crippen molar-refractivity contribution in [1.29, 1.82) is 0 Å². The van der Waals surface area contributed by atoms with Crippen LogP contribution in [-0.2, 0) is 0 Å². The van der Waals surface area contributed by atoms with E-state index in [1.54, 1.807) is 0 Å². The van der Waals surface area contributed by atoms with Crippen molar-refractivity contribution in [1.82, 2.24) is 4.57 Å². The first-order valence-electron chi connectivity index (χ1n) is 17.2. The molecule has 0 bridgehead atoms. The van der Waals surface area contributed by atoms with E-state index in [1.807, 2.05) is 0 Å². The van der Waals surface area contributed by atoms with Gasteiger partial charge < -0.3 is 9.88 Å². The normalized spacial score (nSPS) is 15.2. The van der Waals surface area contributed by atoms with Crippen molar-refractivity contribution in [2.45, 2.75) is 0 Å². The number of anilines is 1. The first-order chi connectivity index (χ1) is 24.8. The fraction of sp³-hybridized carbons (Fsp3) is 0. The summed E-state index contributed by atoms with van der Waals surface area (Å²) in [4.78, 5) is 0. The largest absolute Gasteiger partial charge is 0.361 e. The number of para-hydroxylation sites is 2. The summed E-state index contributed by atoms with van der Waals surface area (Å²) < 4.78 is 2.37. The van der Waals surface area contributed by atoms with Gasteiger partial charge in [-0.25, -0.2) is 0 Å². The molecule has 234 valence electrons. The number of aromatic nitrogens is 1. The van der Waals surface area contributed by atoms with E-state index in [4.69, 9.17) is 0 Å². The van der Waals surface area contributed by atoms with Gasteiger partial charge in [-0.2, -0.15) is 0 Å². The maximum Gasteiger partial charge on any atom is 0.0541 e. The molecule has 0 amide bonds. The number of hydrogen-bond acceptors (Lipinski definition) is 1. The van der Waals surface area contributed by atoms with Crippen LogP contribution in [0.1, 0.15) is 11.1 Å². The minimum absolute atomic E-state index is 1.11. The average molecular weight is 637 g/mol. The molecule has 0 saturated heterocycles. The van der Waals surface area contributed by atoms with Crippen molar-refractivity contribution >= 4 is 71.5 Å². The molecule has 0 saturated carbocycles. The lowest BCUT2D eigenvalue weighted by Crippen LogP contribution is -1.96. The Morgan fingerprint density at radius 1 is 0.460 bits per heavy atom. The van der Waals surface area contributed by atoms with Gasteiger partial charge in [0.2, 0.25) is 0 Å². The van der Waals surface area contributed by atoms with Crippen molar-refractivity contribution in [3.05, 3.63) is 193 Å². The molecule has 2 heterocycles. The summed E-state index contributed by atoms with van der Waals surface area (Å²) in [6.45, 7) is 0. The predicted molar refractivity (Wildman–Crippen MR) is 215 cm³/mol. The van der Waals surface area contributed by atoms with Crippen molar-refractivity contribution in [2.75, 3.05) is 5.32 Å². The molecule has 0 unspecified atom stereocenters. The Morgan fingerprint density at radius 3 is 1.96 bits per heavy atom. The number of nitrogens with one attached hydrogen (secondary N) is 1. The molecule has 1 N–H and O–H groups in total. The van der Waals surface area contributed by atoms with E-state index in [0.29, 0.717) is 0 Å². The maximum absolute atomic E-state index is 3.75.